The minimum absolute atomic E-state index is 0.0625. The van der Waals surface area contributed by atoms with E-state index in [2.05, 4.69) is 5.32 Å². The van der Waals surface area contributed by atoms with Crippen LogP contribution < -0.4 is 10.2 Å². The minimum Gasteiger partial charge on any atom is -0.324 e. The highest BCUT2D eigenvalue weighted by Crippen LogP contribution is 2.61. The summed E-state index contributed by atoms with van der Waals surface area (Å²) in [5.41, 5.74) is 0.703. The molecule has 3 fully saturated rings. The summed E-state index contributed by atoms with van der Waals surface area (Å²) in [6.07, 6.45) is 1.52. The molecule has 0 radical (unpaired) electrons. The Morgan fingerprint density at radius 1 is 1.16 bits per heavy atom. The van der Waals surface area contributed by atoms with Gasteiger partial charge in [0.2, 0.25) is 17.7 Å². The van der Waals surface area contributed by atoms with Crippen LogP contribution in [0.25, 0.3) is 0 Å². The van der Waals surface area contributed by atoms with E-state index in [1.165, 1.54) is 18.2 Å². The molecule has 0 aromatic heterocycles. The second kappa shape index (κ2) is 6.14. The van der Waals surface area contributed by atoms with E-state index in [0.717, 1.165) is 16.9 Å². The maximum Gasteiger partial charge on any atom is 0.250 e. The lowest BCUT2D eigenvalue weighted by atomic mass is 9.75. The van der Waals surface area contributed by atoms with Crippen LogP contribution in [0.2, 0.25) is 5.02 Å². The van der Waals surface area contributed by atoms with Crippen molar-refractivity contribution in [2.45, 2.75) is 31.3 Å². The molecule has 0 bridgehead atoms. The van der Waals surface area contributed by atoms with Crippen molar-refractivity contribution < 1.29 is 18.8 Å². The van der Waals surface area contributed by atoms with Crippen molar-refractivity contribution in [3.8, 4) is 0 Å². The standard InChI is InChI=1S/C23H19ClFN3O3/c1-11-9-12(24)10-13-19(11)26-22(31)23(13)18-17(16-7-4-8-27(16)23)20(29)28(21(18)30)15-6-3-2-5-14(15)25/h2-3,5-6,9-10,16-18H,4,7-8H2,1H3,(H,26,31). The van der Waals surface area contributed by atoms with E-state index in [0.29, 0.717) is 29.2 Å². The molecular formula is C23H19ClFN3O3. The van der Waals surface area contributed by atoms with Crippen molar-refractivity contribution in [3.05, 3.63) is 58.4 Å². The Bertz CT molecular complexity index is 1200. The zero-order valence-electron chi connectivity index (χ0n) is 16.7. The maximum atomic E-state index is 14.6. The Hall–Kier alpha value is -2.77. The number of aryl methyl sites for hydroxylation is 1. The monoisotopic (exact) mass is 439 g/mol. The van der Waals surface area contributed by atoms with Crippen LogP contribution in [0.1, 0.15) is 24.0 Å². The molecule has 6 nitrogen and oxygen atoms in total. The van der Waals surface area contributed by atoms with E-state index in [9.17, 15) is 18.8 Å². The highest BCUT2D eigenvalue weighted by atomic mass is 35.5. The van der Waals surface area contributed by atoms with Crippen molar-refractivity contribution in [2.24, 2.45) is 11.8 Å². The largest absolute Gasteiger partial charge is 0.324 e. The first-order valence-electron chi connectivity index (χ1n) is 10.4. The van der Waals surface area contributed by atoms with Crippen molar-refractivity contribution in [3.63, 3.8) is 0 Å². The number of anilines is 2. The summed E-state index contributed by atoms with van der Waals surface area (Å²) in [6.45, 7) is 2.46. The third-order valence-corrected chi connectivity index (χ3v) is 7.58. The van der Waals surface area contributed by atoms with Crippen LogP contribution in [0.5, 0.6) is 0 Å². The number of carbonyl (C=O) groups excluding carboxylic acids is 3. The first-order valence-corrected chi connectivity index (χ1v) is 10.8. The van der Waals surface area contributed by atoms with E-state index >= 15 is 0 Å². The van der Waals surface area contributed by atoms with Gasteiger partial charge in [-0.1, -0.05) is 23.7 Å². The van der Waals surface area contributed by atoms with Crippen LogP contribution in [0.4, 0.5) is 15.8 Å². The first-order chi connectivity index (χ1) is 14.9. The molecule has 1 spiro atoms. The van der Waals surface area contributed by atoms with Gasteiger partial charge in [0.05, 0.1) is 17.5 Å². The molecule has 8 heteroatoms. The van der Waals surface area contributed by atoms with Crippen LogP contribution >= 0.6 is 11.6 Å². The third-order valence-electron chi connectivity index (χ3n) is 7.36. The van der Waals surface area contributed by atoms with Crippen LogP contribution in [0, 0.1) is 24.6 Å². The molecule has 4 atom stereocenters. The van der Waals surface area contributed by atoms with Gasteiger partial charge in [0, 0.05) is 22.3 Å². The van der Waals surface area contributed by atoms with E-state index in [1.807, 2.05) is 11.8 Å². The van der Waals surface area contributed by atoms with E-state index in [1.54, 1.807) is 18.2 Å². The molecule has 31 heavy (non-hydrogen) atoms. The number of benzene rings is 2. The van der Waals surface area contributed by atoms with E-state index < -0.39 is 35.0 Å². The number of halogens is 2. The van der Waals surface area contributed by atoms with Gasteiger partial charge in [0.1, 0.15) is 11.4 Å². The van der Waals surface area contributed by atoms with E-state index in [4.69, 9.17) is 11.6 Å². The molecule has 4 heterocycles. The van der Waals surface area contributed by atoms with Crippen LogP contribution in [-0.4, -0.2) is 35.2 Å². The lowest BCUT2D eigenvalue weighted by Gasteiger charge is -2.36. The summed E-state index contributed by atoms with van der Waals surface area (Å²) < 4.78 is 14.6. The zero-order chi connectivity index (χ0) is 21.7. The Kier molecular flexibility index (Phi) is 3.76. The second-order valence-electron chi connectivity index (χ2n) is 8.74. The molecule has 3 amide bonds. The number of rotatable bonds is 1. The van der Waals surface area contributed by atoms with Crippen LogP contribution in [0.15, 0.2) is 36.4 Å². The lowest BCUT2D eigenvalue weighted by molar-refractivity contribution is -0.135. The maximum absolute atomic E-state index is 14.6. The molecule has 158 valence electrons. The number of imide groups is 1. The Morgan fingerprint density at radius 3 is 2.71 bits per heavy atom. The van der Waals surface area contributed by atoms with Gasteiger partial charge in [-0.3, -0.25) is 19.3 Å². The Morgan fingerprint density at radius 2 is 1.94 bits per heavy atom. The molecule has 4 aliphatic rings. The van der Waals surface area contributed by atoms with Gasteiger partial charge in [-0.15, -0.1) is 0 Å². The normalized spacial score (nSPS) is 31.4. The highest BCUT2D eigenvalue weighted by molar-refractivity contribution is 6.31. The van der Waals surface area contributed by atoms with Gasteiger partial charge in [0.25, 0.3) is 0 Å². The molecule has 2 aromatic carbocycles. The quantitative estimate of drug-likeness (QED) is 0.693. The number of hydrogen-bond donors (Lipinski definition) is 1. The van der Waals surface area contributed by atoms with Crippen molar-refractivity contribution >= 4 is 40.7 Å². The number of nitrogens with zero attached hydrogens (tertiary/aromatic N) is 2. The molecule has 6 rings (SSSR count). The number of fused-ring (bicyclic) bond motifs is 7. The average Bonchev–Trinajstić information content (AvgIpc) is 3.42. The number of hydrogen-bond acceptors (Lipinski definition) is 4. The molecule has 3 saturated heterocycles. The summed E-state index contributed by atoms with van der Waals surface area (Å²) in [5, 5.41) is 3.42. The van der Waals surface area contributed by atoms with Crippen molar-refractivity contribution in [2.75, 3.05) is 16.8 Å². The second-order valence-corrected chi connectivity index (χ2v) is 9.17. The average molecular weight is 440 g/mol. The van der Waals surface area contributed by atoms with Gasteiger partial charge >= 0.3 is 0 Å². The predicted octanol–water partition coefficient (Wildman–Crippen LogP) is 3.22. The Labute approximate surface area is 183 Å². The summed E-state index contributed by atoms with van der Waals surface area (Å²) in [6, 6.07) is 8.98. The first kappa shape index (κ1) is 19.0. The molecule has 4 unspecified atom stereocenters. The van der Waals surface area contributed by atoms with E-state index in [-0.39, 0.29) is 17.6 Å². The van der Waals surface area contributed by atoms with Gasteiger partial charge in [-0.05, 0) is 56.1 Å². The van der Waals surface area contributed by atoms with Crippen LogP contribution in [0.3, 0.4) is 0 Å². The van der Waals surface area contributed by atoms with Gasteiger partial charge in [-0.25, -0.2) is 9.29 Å². The zero-order valence-corrected chi connectivity index (χ0v) is 17.4. The smallest absolute Gasteiger partial charge is 0.250 e. The SMILES string of the molecule is Cc1cc(Cl)cc2c1NC(=O)C21C2C(=O)N(c3ccccc3F)C(=O)C2C2CCCN21. The molecule has 2 aromatic rings. The lowest BCUT2D eigenvalue weighted by Crippen LogP contribution is -2.54. The topological polar surface area (TPSA) is 69.7 Å². The molecule has 4 aliphatic heterocycles. The highest BCUT2D eigenvalue weighted by Gasteiger charge is 2.74. The fourth-order valence-corrected chi connectivity index (χ4v) is 6.58. The summed E-state index contributed by atoms with van der Waals surface area (Å²) >= 11 is 6.36. The third kappa shape index (κ3) is 2.13. The number of amides is 3. The number of para-hydroxylation sites is 1. The van der Waals surface area contributed by atoms with Gasteiger partial charge in [-0.2, -0.15) is 0 Å². The summed E-state index contributed by atoms with van der Waals surface area (Å²) in [5.74, 6) is -3.56. The van der Waals surface area contributed by atoms with Crippen molar-refractivity contribution in [1.82, 2.24) is 4.90 Å². The summed E-state index contributed by atoms with van der Waals surface area (Å²) in [7, 11) is 0. The number of carbonyl (C=O) groups is 3. The fourth-order valence-electron chi connectivity index (χ4n) is 6.31. The van der Waals surface area contributed by atoms with Gasteiger partial charge in [0.15, 0.2) is 0 Å². The minimum atomic E-state index is -1.32. The fraction of sp³-hybridized carbons (Fsp3) is 0.348. The molecule has 0 aliphatic carbocycles. The summed E-state index contributed by atoms with van der Waals surface area (Å²) in [4.78, 5) is 43.9. The van der Waals surface area contributed by atoms with Crippen molar-refractivity contribution in [1.29, 1.82) is 0 Å². The molecule has 1 N–H and O–H groups in total. The predicted molar refractivity (Wildman–Crippen MR) is 112 cm³/mol. The van der Waals surface area contributed by atoms with Crippen LogP contribution in [-0.2, 0) is 19.9 Å². The number of nitrogens with one attached hydrogen (secondary N) is 1. The molecular weight excluding hydrogens is 421 g/mol. The Balaban J connectivity index is 1.60. The van der Waals surface area contributed by atoms with Gasteiger partial charge < -0.3 is 5.32 Å². The molecule has 0 saturated carbocycles.